The zero-order valence-corrected chi connectivity index (χ0v) is 12.0. The van der Waals surface area contributed by atoms with Gasteiger partial charge < -0.3 is 10.2 Å². The summed E-state index contributed by atoms with van der Waals surface area (Å²) in [5, 5.41) is 14.2. The van der Waals surface area contributed by atoms with Crippen LogP contribution in [0.1, 0.15) is 27.7 Å². The highest BCUT2D eigenvalue weighted by Gasteiger charge is 2.21. The van der Waals surface area contributed by atoms with Crippen molar-refractivity contribution in [2.45, 2.75) is 27.7 Å². The van der Waals surface area contributed by atoms with E-state index in [1.807, 2.05) is 18.7 Å². The summed E-state index contributed by atoms with van der Waals surface area (Å²) < 4.78 is 0. The minimum atomic E-state index is -0.374. The normalized spacial score (nSPS) is 10.6. The molecule has 1 rings (SSSR count). The van der Waals surface area contributed by atoms with Crippen molar-refractivity contribution in [3.05, 3.63) is 22.2 Å². The van der Waals surface area contributed by atoms with Gasteiger partial charge in [-0.1, -0.05) is 13.8 Å². The highest BCUT2D eigenvalue weighted by Crippen LogP contribution is 2.28. The van der Waals surface area contributed by atoms with E-state index >= 15 is 0 Å². The first-order valence-corrected chi connectivity index (χ1v) is 6.63. The van der Waals surface area contributed by atoms with Gasteiger partial charge in [0.15, 0.2) is 0 Å². The van der Waals surface area contributed by atoms with E-state index in [2.05, 4.69) is 24.1 Å². The smallest absolute Gasteiger partial charge is 0.311 e. The number of nitrogens with zero attached hydrogens (tertiary/aromatic N) is 3. The van der Waals surface area contributed by atoms with Crippen molar-refractivity contribution in [3.63, 3.8) is 0 Å². The highest BCUT2D eigenvalue weighted by molar-refractivity contribution is 5.61. The summed E-state index contributed by atoms with van der Waals surface area (Å²) in [7, 11) is 0. The summed E-state index contributed by atoms with van der Waals surface area (Å²) >= 11 is 0. The molecule has 0 spiro atoms. The van der Waals surface area contributed by atoms with Gasteiger partial charge in [0, 0.05) is 25.7 Å². The molecule has 0 aliphatic heterocycles. The van der Waals surface area contributed by atoms with Crippen LogP contribution in [0.25, 0.3) is 0 Å². The largest absolute Gasteiger partial charge is 0.370 e. The van der Waals surface area contributed by atoms with Gasteiger partial charge in [0.05, 0.1) is 4.92 Å². The molecule has 1 aromatic heterocycles. The fraction of sp³-hybridized carbons (Fsp3) is 0.615. The van der Waals surface area contributed by atoms with Crippen molar-refractivity contribution in [3.8, 4) is 0 Å². The highest BCUT2D eigenvalue weighted by atomic mass is 16.6. The molecule has 1 N–H and O–H groups in total. The molecule has 6 heteroatoms. The maximum Gasteiger partial charge on any atom is 0.311 e. The third kappa shape index (κ3) is 4.08. The van der Waals surface area contributed by atoms with Crippen LogP contribution in [0, 0.1) is 16.0 Å². The molecule has 0 saturated heterocycles. The lowest BCUT2D eigenvalue weighted by Gasteiger charge is -2.24. The molecule has 0 radical (unpaired) electrons. The first kappa shape index (κ1) is 15.2. The molecule has 0 unspecified atom stereocenters. The summed E-state index contributed by atoms with van der Waals surface area (Å²) in [4.78, 5) is 17.1. The fourth-order valence-electron chi connectivity index (χ4n) is 1.90. The second-order valence-electron chi connectivity index (χ2n) is 4.76. The van der Waals surface area contributed by atoms with Gasteiger partial charge in [-0.3, -0.25) is 10.1 Å². The van der Waals surface area contributed by atoms with E-state index in [0.29, 0.717) is 24.1 Å². The molecule has 106 valence electrons. The van der Waals surface area contributed by atoms with Crippen LogP contribution in [0.3, 0.4) is 0 Å². The van der Waals surface area contributed by atoms with Gasteiger partial charge in [-0.25, -0.2) is 4.98 Å². The van der Waals surface area contributed by atoms with E-state index < -0.39 is 0 Å². The van der Waals surface area contributed by atoms with Crippen LogP contribution in [-0.4, -0.2) is 29.5 Å². The van der Waals surface area contributed by atoms with Crippen LogP contribution < -0.4 is 10.2 Å². The van der Waals surface area contributed by atoms with E-state index in [1.165, 1.54) is 6.07 Å². The summed E-state index contributed by atoms with van der Waals surface area (Å²) in [6.07, 6.45) is 0. The number of nitro groups is 1. The monoisotopic (exact) mass is 266 g/mol. The molecule has 19 heavy (non-hydrogen) atoms. The quantitative estimate of drug-likeness (QED) is 0.607. The topological polar surface area (TPSA) is 71.3 Å². The molecule has 0 bridgehead atoms. The molecular weight excluding hydrogens is 244 g/mol. The summed E-state index contributed by atoms with van der Waals surface area (Å²) in [5.41, 5.74) is 0.0594. The Morgan fingerprint density at radius 2 is 2.11 bits per heavy atom. The first-order valence-electron chi connectivity index (χ1n) is 6.63. The Labute approximate surface area is 114 Å². The third-order valence-electron chi connectivity index (χ3n) is 2.68. The predicted octanol–water partition coefficient (Wildman–Crippen LogP) is 2.90. The molecule has 1 heterocycles. The van der Waals surface area contributed by atoms with E-state index in [-0.39, 0.29) is 10.6 Å². The average molecular weight is 266 g/mol. The molecule has 6 nitrogen and oxygen atoms in total. The van der Waals surface area contributed by atoms with Crippen LogP contribution in [0.4, 0.5) is 17.3 Å². The molecule has 1 aromatic rings. The number of hydrogen-bond acceptors (Lipinski definition) is 5. The van der Waals surface area contributed by atoms with Crippen LogP contribution in [0.2, 0.25) is 0 Å². The van der Waals surface area contributed by atoms with Crippen LogP contribution in [-0.2, 0) is 0 Å². The summed E-state index contributed by atoms with van der Waals surface area (Å²) in [6, 6.07) is 3.16. The van der Waals surface area contributed by atoms with Crippen molar-refractivity contribution < 1.29 is 4.92 Å². The fourth-order valence-corrected chi connectivity index (χ4v) is 1.90. The third-order valence-corrected chi connectivity index (χ3v) is 2.68. The number of anilines is 2. The number of aromatic nitrogens is 1. The Balaban J connectivity index is 3.17. The van der Waals surface area contributed by atoms with Crippen LogP contribution in [0.15, 0.2) is 12.1 Å². The molecule has 0 aliphatic carbocycles. The second-order valence-corrected chi connectivity index (χ2v) is 4.76. The van der Waals surface area contributed by atoms with Crippen molar-refractivity contribution in [1.29, 1.82) is 0 Å². The van der Waals surface area contributed by atoms with E-state index in [4.69, 9.17) is 0 Å². The summed E-state index contributed by atoms with van der Waals surface area (Å²) in [6.45, 7) is 10.3. The summed E-state index contributed by atoms with van der Waals surface area (Å²) in [5.74, 6) is 1.54. The molecule has 0 atom stereocenters. The van der Waals surface area contributed by atoms with Gasteiger partial charge in [-0.15, -0.1) is 0 Å². The molecule has 0 saturated carbocycles. The van der Waals surface area contributed by atoms with E-state index in [1.54, 1.807) is 6.07 Å². The maximum absolute atomic E-state index is 11.1. The minimum absolute atomic E-state index is 0.0594. The van der Waals surface area contributed by atoms with Gasteiger partial charge >= 0.3 is 5.69 Å². The Bertz CT molecular complexity index is 435. The van der Waals surface area contributed by atoms with Crippen molar-refractivity contribution in [2.24, 2.45) is 5.92 Å². The lowest BCUT2D eigenvalue weighted by molar-refractivity contribution is -0.384. The Kier molecular flexibility index (Phi) is 5.54. The lowest BCUT2D eigenvalue weighted by atomic mass is 10.2. The maximum atomic E-state index is 11.1. The zero-order valence-electron chi connectivity index (χ0n) is 12.0. The van der Waals surface area contributed by atoms with Gasteiger partial charge in [0.25, 0.3) is 0 Å². The number of hydrogen-bond donors (Lipinski definition) is 1. The second kappa shape index (κ2) is 6.92. The Morgan fingerprint density at radius 3 is 2.58 bits per heavy atom. The standard InChI is InChI=1S/C13H22N4O2/c1-5-14-12-8-7-11(17(18)19)13(15-12)16(6-2)9-10(3)4/h7-8,10H,5-6,9H2,1-4H3,(H,14,15). The van der Waals surface area contributed by atoms with Gasteiger partial charge in [-0.05, 0) is 25.8 Å². The van der Waals surface area contributed by atoms with E-state index in [9.17, 15) is 10.1 Å². The van der Waals surface area contributed by atoms with Crippen LogP contribution in [0.5, 0.6) is 0 Å². The first-order chi connectivity index (χ1) is 8.99. The lowest BCUT2D eigenvalue weighted by Crippen LogP contribution is -2.29. The minimum Gasteiger partial charge on any atom is -0.370 e. The SMILES string of the molecule is CCNc1ccc([N+](=O)[O-])c(N(CC)CC(C)C)n1. The van der Waals surface area contributed by atoms with Crippen molar-refractivity contribution >= 4 is 17.3 Å². The van der Waals surface area contributed by atoms with Gasteiger partial charge in [0.2, 0.25) is 5.82 Å². The molecule has 0 fully saturated rings. The molecule has 0 aliphatic rings. The molecular formula is C13H22N4O2. The van der Waals surface area contributed by atoms with E-state index in [0.717, 1.165) is 13.1 Å². The number of rotatable bonds is 7. The number of nitrogens with one attached hydrogen (secondary N) is 1. The Hall–Kier alpha value is -1.85. The molecule has 0 aromatic carbocycles. The van der Waals surface area contributed by atoms with Crippen LogP contribution >= 0.6 is 0 Å². The van der Waals surface area contributed by atoms with Crippen molar-refractivity contribution in [1.82, 2.24) is 4.98 Å². The number of pyridine rings is 1. The zero-order chi connectivity index (χ0) is 14.4. The van der Waals surface area contributed by atoms with Gasteiger partial charge in [0.1, 0.15) is 5.82 Å². The average Bonchev–Trinajstić information content (AvgIpc) is 2.35. The predicted molar refractivity (Wildman–Crippen MR) is 77.8 cm³/mol. The Morgan fingerprint density at radius 1 is 1.42 bits per heavy atom. The molecule has 0 amide bonds. The van der Waals surface area contributed by atoms with Crippen molar-refractivity contribution in [2.75, 3.05) is 29.9 Å². The van der Waals surface area contributed by atoms with Gasteiger partial charge in [-0.2, -0.15) is 0 Å².